The number of benzene rings is 2. The normalized spacial score (nSPS) is 19.5. The minimum atomic E-state index is 0.116. The Kier molecular flexibility index (Phi) is 4.12. The average Bonchev–Trinajstić information content (AvgIpc) is 3.40. The number of amides is 2. The molecule has 2 aromatic rings. The molecule has 0 aromatic heterocycles. The molecule has 2 fully saturated rings. The first kappa shape index (κ1) is 16.8. The predicted octanol–water partition coefficient (Wildman–Crippen LogP) is 1.97. The van der Waals surface area contributed by atoms with Crippen molar-refractivity contribution in [3.63, 3.8) is 0 Å². The fraction of sp³-hybridized carbons (Fsp3) is 0.455. The third kappa shape index (κ3) is 3.21. The van der Waals surface area contributed by atoms with Gasteiger partial charge in [-0.1, -0.05) is 24.3 Å². The Morgan fingerprint density at radius 3 is 2.44 bits per heavy atom. The summed E-state index contributed by atoms with van der Waals surface area (Å²) in [7, 11) is 0. The number of hydrogen-bond donors (Lipinski definition) is 1. The molecule has 2 aliphatic carbocycles. The molecule has 1 N–H and O–H groups in total. The van der Waals surface area contributed by atoms with E-state index >= 15 is 0 Å². The zero-order valence-corrected chi connectivity index (χ0v) is 15.5. The van der Waals surface area contributed by atoms with Gasteiger partial charge in [0, 0.05) is 37.8 Å². The summed E-state index contributed by atoms with van der Waals surface area (Å²) in [4.78, 5) is 29.2. The van der Waals surface area contributed by atoms with Crippen molar-refractivity contribution >= 4 is 22.6 Å². The number of hydrogen-bond acceptors (Lipinski definition) is 3. The van der Waals surface area contributed by atoms with Crippen molar-refractivity contribution in [2.24, 2.45) is 0 Å². The van der Waals surface area contributed by atoms with Gasteiger partial charge in [0.1, 0.15) is 0 Å². The standard InChI is InChI=1S/C22H25N3O2/c26-20(23-17-7-8-17)14-24-10-12-25(13-11-24)22(27)19-9-6-16-5-4-15-2-1-3-18(19)21(15)16/h1-3,6,9,17H,4-5,7-8,10-14H2,(H,23,26). The molecule has 1 heterocycles. The highest BCUT2D eigenvalue weighted by Crippen LogP contribution is 2.33. The van der Waals surface area contributed by atoms with Crippen LogP contribution in [0.15, 0.2) is 30.3 Å². The van der Waals surface area contributed by atoms with Crippen molar-refractivity contribution < 1.29 is 9.59 Å². The van der Waals surface area contributed by atoms with Gasteiger partial charge in [-0.05, 0) is 53.6 Å². The molecule has 1 saturated carbocycles. The molecule has 0 unspecified atom stereocenters. The van der Waals surface area contributed by atoms with E-state index in [-0.39, 0.29) is 11.8 Å². The lowest BCUT2D eigenvalue weighted by atomic mass is 9.99. The van der Waals surface area contributed by atoms with Gasteiger partial charge in [-0.15, -0.1) is 0 Å². The molecule has 5 rings (SSSR count). The monoisotopic (exact) mass is 363 g/mol. The van der Waals surface area contributed by atoms with Crippen LogP contribution in [0.2, 0.25) is 0 Å². The second kappa shape index (κ2) is 6.64. The van der Waals surface area contributed by atoms with Gasteiger partial charge < -0.3 is 10.2 Å². The molecule has 1 aliphatic heterocycles. The number of nitrogens with zero attached hydrogens (tertiary/aromatic N) is 2. The number of piperazine rings is 1. The van der Waals surface area contributed by atoms with Crippen LogP contribution in [0.5, 0.6) is 0 Å². The van der Waals surface area contributed by atoms with Gasteiger partial charge >= 0.3 is 0 Å². The van der Waals surface area contributed by atoms with E-state index in [1.807, 2.05) is 11.0 Å². The number of carbonyl (C=O) groups excluding carboxylic acids is 2. The first-order valence-electron chi connectivity index (χ1n) is 10.0. The molecular weight excluding hydrogens is 338 g/mol. The largest absolute Gasteiger partial charge is 0.352 e. The number of carbonyl (C=O) groups is 2. The van der Waals surface area contributed by atoms with Crippen LogP contribution < -0.4 is 5.32 Å². The Morgan fingerprint density at radius 1 is 0.963 bits per heavy atom. The second-order valence-electron chi connectivity index (χ2n) is 8.02. The van der Waals surface area contributed by atoms with E-state index in [2.05, 4.69) is 34.5 Å². The van der Waals surface area contributed by atoms with Gasteiger partial charge in [-0.25, -0.2) is 0 Å². The summed E-state index contributed by atoms with van der Waals surface area (Å²) in [5.41, 5.74) is 3.55. The third-order valence-corrected chi connectivity index (χ3v) is 6.08. The van der Waals surface area contributed by atoms with E-state index < -0.39 is 0 Å². The minimum absolute atomic E-state index is 0.116. The van der Waals surface area contributed by atoms with Gasteiger partial charge in [0.2, 0.25) is 5.91 Å². The van der Waals surface area contributed by atoms with Crippen molar-refractivity contribution in [1.29, 1.82) is 0 Å². The number of aryl methyl sites for hydroxylation is 2. The molecule has 140 valence electrons. The lowest BCUT2D eigenvalue weighted by Crippen LogP contribution is -2.51. The van der Waals surface area contributed by atoms with E-state index in [9.17, 15) is 9.59 Å². The molecule has 1 saturated heterocycles. The molecule has 2 aromatic carbocycles. The summed E-state index contributed by atoms with van der Waals surface area (Å²) < 4.78 is 0. The smallest absolute Gasteiger partial charge is 0.254 e. The molecule has 5 heteroatoms. The van der Waals surface area contributed by atoms with Crippen molar-refractivity contribution in [2.45, 2.75) is 31.7 Å². The fourth-order valence-electron chi connectivity index (χ4n) is 4.42. The Balaban J connectivity index is 1.27. The lowest BCUT2D eigenvalue weighted by molar-refractivity contribution is -0.122. The predicted molar refractivity (Wildman–Crippen MR) is 105 cm³/mol. The summed E-state index contributed by atoms with van der Waals surface area (Å²) in [6.07, 6.45) is 4.38. The van der Waals surface area contributed by atoms with E-state index in [0.717, 1.165) is 49.7 Å². The molecule has 0 bridgehead atoms. The maximum atomic E-state index is 13.2. The molecule has 27 heavy (non-hydrogen) atoms. The van der Waals surface area contributed by atoms with Crippen LogP contribution in [0, 0.1) is 0 Å². The van der Waals surface area contributed by atoms with Crippen molar-refractivity contribution in [1.82, 2.24) is 15.1 Å². The third-order valence-electron chi connectivity index (χ3n) is 6.08. The Morgan fingerprint density at radius 2 is 1.70 bits per heavy atom. The molecule has 3 aliphatic rings. The van der Waals surface area contributed by atoms with Crippen molar-refractivity contribution in [3.8, 4) is 0 Å². The lowest BCUT2D eigenvalue weighted by Gasteiger charge is -2.34. The maximum Gasteiger partial charge on any atom is 0.254 e. The highest BCUT2D eigenvalue weighted by molar-refractivity contribution is 6.09. The molecule has 5 nitrogen and oxygen atoms in total. The van der Waals surface area contributed by atoms with Crippen LogP contribution in [0.3, 0.4) is 0 Å². The zero-order chi connectivity index (χ0) is 18.4. The van der Waals surface area contributed by atoms with Gasteiger partial charge in [-0.3, -0.25) is 14.5 Å². The van der Waals surface area contributed by atoms with Gasteiger partial charge in [0.25, 0.3) is 5.91 Å². The first-order chi connectivity index (χ1) is 13.2. The molecule has 0 radical (unpaired) electrons. The topological polar surface area (TPSA) is 52.7 Å². The van der Waals surface area contributed by atoms with Crippen molar-refractivity contribution in [2.75, 3.05) is 32.7 Å². The Hall–Kier alpha value is -2.40. The van der Waals surface area contributed by atoms with Crippen LogP contribution in [-0.4, -0.2) is 60.4 Å². The highest BCUT2D eigenvalue weighted by atomic mass is 16.2. The van der Waals surface area contributed by atoms with Crippen LogP contribution in [-0.2, 0) is 17.6 Å². The number of nitrogens with one attached hydrogen (secondary N) is 1. The van der Waals surface area contributed by atoms with Crippen LogP contribution in [0.25, 0.3) is 10.8 Å². The molecule has 2 amide bonds. The first-order valence-corrected chi connectivity index (χ1v) is 10.0. The summed E-state index contributed by atoms with van der Waals surface area (Å²) in [5.74, 6) is 0.234. The maximum absolute atomic E-state index is 13.2. The Bertz CT molecular complexity index is 901. The van der Waals surface area contributed by atoms with Gasteiger partial charge in [0.15, 0.2) is 0 Å². The average molecular weight is 363 g/mol. The fourth-order valence-corrected chi connectivity index (χ4v) is 4.42. The second-order valence-corrected chi connectivity index (χ2v) is 8.02. The van der Waals surface area contributed by atoms with Crippen molar-refractivity contribution in [3.05, 3.63) is 47.0 Å². The summed E-state index contributed by atoms with van der Waals surface area (Å²) in [6.45, 7) is 3.31. The van der Waals surface area contributed by atoms with E-state index in [1.165, 1.54) is 16.5 Å². The van der Waals surface area contributed by atoms with Crippen LogP contribution in [0.4, 0.5) is 0 Å². The SMILES string of the molecule is O=C(CN1CCN(C(=O)c2ccc3c4c(cccc24)CC3)CC1)NC1CC1. The minimum Gasteiger partial charge on any atom is -0.352 e. The summed E-state index contributed by atoms with van der Waals surface area (Å²) in [6, 6.07) is 10.9. The van der Waals surface area contributed by atoms with E-state index in [4.69, 9.17) is 0 Å². The van der Waals surface area contributed by atoms with Crippen LogP contribution in [0.1, 0.15) is 34.3 Å². The summed E-state index contributed by atoms with van der Waals surface area (Å²) in [5, 5.41) is 5.42. The van der Waals surface area contributed by atoms with E-state index in [0.29, 0.717) is 25.7 Å². The summed E-state index contributed by atoms with van der Waals surface area (Å²) >= 11 is 0. The Labute approximate surface area is 159 Å². The molecular formula is C22H25N3O2. The molecule has 0 spiro atoms. The number of rotatable bonds is 4. The van der Waals surface area contributed by atoms with Gasteiger partial charge in [-0.2, -0.15) is 0 Å². The highest BCUT2D eigenvalue weighted by Gasteiger charge is 2.27. The van der Waals surface area contributed by atoms with Gasteiger partial charge in [0.05, 0.1) is 6.54 Å². The van der Waals surface area contributed by atoms with E-state index in [1.54, 1.807) is 0 Å². The zero-order valence-electron chi connectivity index (χ0n) is 15.5. The quantitative estimate of drug-likeness (QED) is 0.904. The van der Waals surface area contributed by atoms with Crippen LogP contribution >= 0.6 is 0 Å². The molecule has 0 atom stereocenters.